The Morgan fingerprint density at radius 3 is 2.42 bits per heavy atom. The third-order valence-corrected chi connectivity index (χ3v) is 2.65. The second-order valence-electron chi connectivity index (χ2n) is 4.42. The first kappa shape index (κ1) is 12.8. The van der Waals surface area contributed by atoms with Gasteiger partial charge < -0.3 is 4.90 Å². The van der Waals surface area contributed by atoms with Crippen LogP contribution in [-0.4, -0.2) is 25.3 Å². The fourth-order valence-corrected chi connectivity index (χ4v) is 1.73. The number of nitriles is 1. The molecule has 0 amide bonds. The highest BCUT2D eigenvalue weighted by molar-refractivity contribution is 5.72. The predicted octanol–water partition coefficient (Wildman–Crippen LogP) is 3.45. The van der Waals surface area contributed by atoms with Crippen LogP contribution in [0.3, 0.4) is 0 Å². The fraction of sp³-hybridized carbons (Fsp3) is 0.125. The number of hydrogen-bond donors (Lipinski definition) is 0. The van der Waals surface area contributed by atoms with Crippen LogP contribution < -0.4 is 0 Å². The van der Waals surface area contributed by atoms with Crippen molar-refractivity contribution in [3.05, 3.63) is 54.1 Å². The zero-order valence-corrected chi connectivity index (χ0v) is 11.0. The number of nitrogens with zero attached hydrogens (tertiary/aromatic N) is 3. The van der Waals surface area contributed by atoms with Crippen molar-refractivity contribution in [1.82, 2.24) is 4.90 Å². The molecule has 0 aliphatic carbocycles. The lowest BCUT2D eigenvalue weighted by atomic mass is 10.0. The Kier molecular flexibility index (Phi) is 3.94. The van der Waals surface area contributed by atoms with Crippen molar-refractivity contribution in [2.75, 3.05) is 14.1 Å². The molecule has 0 N–H and O–H groups in total. The van der Waals surface area contributed by atoms with Gasteiger partial charge in [-0.15, -0.1) is 0 Å². The Morgan fingerprint density at radius 1 is 1.05 bits per heavy atom. The van der Waals surface area contributed by atoms with Crippen molar-refractivity contribution in [2.45, 2.75) is 0 Å². The molecule has 2 aromatic rings. The molecule has 0 heterocycles. The Morgan fingerprint density at radius 2 is 1.79 bits per heavy atom. The molecule has 0 aliphatic heterocycles. The third-order valence-electron chi connectivity index (χ3n) is 2.65. The Balaban J connectivity index is 2.40. The van der Waals surface area contributed by atoms with Gasteiger partial charge in [-0.1, -0.05) is 36.4 Å². The largest absolute Gasteiger partial charge is 0.369 e. The van der Waals surface area contributed by atoms with Crippen LogP contribution in [0.25, 0.3) is 11.1 Å². The van der Waals surface area contributed by atoms with Crippen LogP contribution in [-0.2, 0) is 0 Å². The van der Waals surface area contributed by atoms with Gasteiger partial charge in [-0.2, -0.15) is 5.26 Å². The summed E-state index contributed by atoms with van der Waals surface area (Å²) in [7, 11) is 3.79. The molecule has 19 heavy (non-hydrogen) atoms. The lowest BCUT2D eigenvalue weighted by Crippen LogP contribution is -2.07. The zero-order valence-electron chi connectivity index (χ0n) is 11.0. The molecule has 0 aromatic heterocycles. The van der Waals surface area contributed by atoms with E-state index in [9.17, 15) is 5.26 Å². The van der Waals surface area contributed by atoms with Crippen LogP contribution in [0, 0.1) is 11.3 Å². The van der Waals surface area contributed by atoms with E-state index in [1.807, 2.05) is 67.5 Å². The van der Waals surface area contributed by atoms with E-state index in [-0.39, 0.29) is 0 Å². The number of benzene rings is 2. The van der Waals surface area contributed by atoms with Gasteiger partial charge in [0.05, 0.1) is 17.6 Å². The average molecular weight is 249 g/mol. The van der Waals surface area contributed by atoms with Crippen LogP contribution in [0.5, 0.6) is 0 Å². The van der Waals surface area contributed by atoms with Gasteiger partial charge in [0.25, 0.3) is 0 Å². The Bertz CT molecular complexity index is 622. The highest BCUT2D eigenvalue weighted by atomic mass is 15.1. The molecule has 0 saturated carbocycles. The molecule has 0 unspecified atom stereocenters. The second-order valence-corrected chi connectivity index (χ2v) is 4.42. The van der Waals surface area contributed by atoms with Crippen molar-refractivity contribution in [2.24, 2.45) is 4.99 Å². The van der Waals surface area contributed by atoms with Crippen LogP contribution in [0.15, 0.2) is 53.5 Å². The van der Waals surface area contributed by atoms with Gasteiger partial charge >= 0.3 is 0 Å². The van der Waals surface area contributed by atoms with E-state index >= 15 is 0 Å². The predicted molar refractivity (Wildman–Crippen MR) is 78.4 cm³/mol. The summed E-state index contributed by atoms with van der Waals surface area (Å²) < 4.78 is 0. The summed E-state index contributed by atoms with van der Waals surface area (Å²) in [5, 5.41) is 9.22. The highest BCUT2D eigenvalue weighted by Gasteiger charge is 2.03. The molecule has 0 spiro atoms. The van der Waals surface area contributed by atoms with Crippen molar-refractivity contribution < 1.29 is 0 Å². The second kappa shape index (κ2) is 5.83. The van der Waals surface area contributed by atoms with Crippen molar-refractivity contribution >= 4 is 12.0 Å². The molecule has 2 rings (SSSR count). The van der Waals surface area contributed by atoms with E-state index in [1.54, 1.807) is 6.34 Å². The summed E-state index contributed by atoms with van der Waals surface area (Å²) in [5.74, 6) is 0. The zero-order chi connectivity index (χ0) is 13.7. The first-order chi connectivity index (χ1) is 9.20. The molecular formula is C16H15N3. The number of aliphatic imine (C=N–C) groups is 1. The average Bonchev–Trinajstić information content (AvgIpc) is 2.45. The van der Waals surface area contributed by atoms with Gasteiger partial charge in [-0.05, 0) is 23.3 Å². The molecule has 0 fully saturated rings. The highest BCUT2D eigenvalue weighted by Crippen LogP contribution is 2.26. The summed E-state index contributed by atoms with van der Waals surface area (Å²) in [6.45, 7) is 0. The Hall–Kier alpha value is -2.60. The number of rotatable bonds is 3. The van der Waals surface area contributed by atoms with E-state index in [0.717, 1.165) is 11.1 Å². The molecule has 0 atom stereocenters. The standard InChI is InChI=1S/C16H15N3/c1-19(2)12-18-16-9-8-14(10-15(16)11-17)13-6-4-3-5-7-13/h3-10,12H,1-2H3. The quantitative estimate of drug-likeness (QED) is 0.617. The van der Waals surface area contributed by atoms with Gasteiger partial charge in [0.1, 0.15) is 6.07 Å². The van der Waals surface area contributed by atoms with Gasteiger partial charge in [0.15, 0.2) is 0 Å². The molecule has 0 aliphatic rings. The van der Waals surface area contributed by atoms with E-state index in [2.05, 4.69) is 11.1 Å². The van der Waals surface area contributed by atoms with Crippen molar-refractivity contribution in [3.8, 4) is 17.2 Å². The maximum Gasteiger partial charge on any atom is 0.101 e. The Labute approximate surface area is 113 Å². The SMILES string of the molecule is CN(C)C=Nc1ccc(-c2ccccc2)cc1C#N. The van der Waals surface area contributed by atoms with Crippen LogP contribution in [0.4, 0.5) is 5.69 Å². The van der Waals surface area contributed by atoms with Crippen LogP contribution in [0.2, 0.25) is 0 Å². The van der Waals surface area contributed by atoms with Crippen molar-refractivity contribution in [3.63, 3.8) is 0 Å². The van der Waals surface area contributed by atoms with Crippen LogP contribution >= 0.6 is 0 Å². The summed E-state index contributed by atoms with van der Waals surface area (Å²) in [4.78, 5) is 6.13. The minimum atomic E-state index is 0.583. The maximum absolute atomic E-state index is 9.22. The van der Waals surface area contributed by atoms with Gasteiger partial charge in [0.2, 0.25) is 0 Å². The molecular weight excluding hydrogens is 234 g/mol. The lowest BCUT2D eigenvalue weighted by Gasteiger charge is -2.06. The summed E-state index contributed by atoms with van der Waals surface area (Å²) >= 11 is 0. The molecule has 0 radical (unpaired) electrons. The van der Waals surface area contributed by atoms with E-state index in [1.165, 1.54) is 0 Å². The van der Waals surface area contributed by atoms with Crippen LogP contribution in [0.1, 0.15) is 5.56 Å². The molecule has 2 aromatic carbocycles. The lowest BCUT2D eigenvalue weighted by molar-refractivity contribution is 0.643. The topological polar surface area (TPSA) is 39.4 Å². The van der Waals surface area contributed by atoms with E-state index < -0.39 is 0 Å². The van der Waals surface area contributed by atoms with Gasteiger partial charge in [-0.25, -0.2) is 4.99 Å². The number of hydrogen-bond acceptors (Lipinski definition) is 2. The maximum atomic E-state index is 9.22. The monoisotopic (exact) mass is 249 g/mol. The molecule has 3 nitrogen and oxygen atoms in total. The van der Waals surface area contributed by atoms with Gasteiger partial charge in [-0.3, -0.25) is 0 Å². The van der Waals surface area contributed by atoms with E-state index in [4.69, 9.17) is 0 Å². The first-order valence-electron chi connectivity index (χ1n) is 6.01. The minimum absolute atomic E-state index is 0.583. The van der Waals surface area contributed by atoms with Crippen molar-refractivity contribution in [1.29, 1.82) is 5.26 Å². The van der Waals surface area contributed by atoms with E-state index in [0.29, 0.717) is 11.3 Å². The third kappa shape index (κ3) is 3.20. The molecule has 0 saturated heterocycles. The molecule has 94 valence electrons. The smallest absolute Gasteiger partial charge is 0.101 e. The van der Waals surface area contributed by atoms with Gasteiger partial charge in [0, 0.05) is 14.1 Å². The summed E-state index contributed by atoms with van der Waals surface area (Å²) in [6, 6.07) is 17.9. The fourth-order valence-electron chi connectivity index (χ4n) is 1.73. The normalized spacial score (nSPS) is 10.4. The molecule has 3 heteroatoms. The first-order valence-corrected chi connectivity index (χ1v) is 6.01. The minimum Gasteiger partial charge on any atom is -0.369 e. The summed E-state index contributed by atoms with van der Waals surface area (Å²) in [6.07, 6.45) is 1.69. The summed E-state index contributed by atoms with van der Waals surface area (Å²) in [5.41, 5.74) is 3.40. The molecule has 0 bridgehead atoms.